The van der Waals surface area contributed by atoms with Crippen molar-refractivity contribution in [2.45, 2.75) is 19.8 Å². The molecule has 1 aromatic heterocycles. The van der Waals surface area contributed by atoms with Gasteiger partial charge >= 0.3 is 5.97 Å². The fourth-order valence-corrected chi connectivity index (χ4v) is 2.69. The van der Waals surface area contributed by atoms with E-state index in [-0.39, 0.29) is 31.9 Å². The predicted molar refractivity (Wildman–Crippen MR) is 90.5 cm³/mol. The van der Waals surface area contributed by atoms with E-state index in [0.29, 0.717) is 11.4 Å². The lowest BCUT2D eigenvalue weighted by Crippen LogP contribution is -2.35. The largest absolute Gasteiger partial charge is 0.455 e. The molecule has 2 aromatic rings. The second-order valence-corrected chi connectivity index (χ2v) is 6.05. The molecule has 0 spiro atoms. The number of thiazole rings is 1. The van der Waals surface area contributed by atoms with E-state index in [2.05, 4.69) is 4.98 Å². The van der Waals surface area contributed by atoms with Gasteiger partial charge < -0.3 is 9.64 Å². The van der Waals surface area contributed by atoms with Crippen molar-refractivity contribution < 1.29 is 14.3 Å². The molecule has 1 aromatic carbocycles. The molecule has 0 bridgehead atoms. The number of esters is 1. The minimum absolute atomic E-state index is 0.0428. The number of aryl methyl sites for hydroxylation is 1. The van der Waals surface area contributed by atoms with E-state index >= 15 is 0 Å². The first kappa shape index (κ1) is 17.6. The van der Waals surface area contributed by atoms with Crippen molar-refractivity contribution in [1.82, 2.24) is 4.98 Å². The number of anilines is 1. The molecule has 124 valence electrons. The molecule has 1 heterocycles. The topological polar surface area (TPSA) is 83.3 Å². The first-order valence-corrected chi connectivity index (χ1v) is 8.27. The average Bonchev–Trinajstić information content (AvgIpc) is 2.99. The number of amides is 1. The SMILES string of the molecule is Cc1nc(CC(=O)OCC(=O)N(CCC#N)c2ccccc2)cs1. The Morgan fingerprint density at radius 2 is 2.08 bits per heavy atom. The molecule has 0 unspecified atom stereocenters. The summed E-state index contributed by atoms with van der Waals surface area (Å²) in [5.74, 6) is -0.860. The van der Waals surface area contributed by atoms with Crippen molar-refractivity contribution in [2.75, 3.05) is 18.1 Å². The molecule has 24 heavy (non-hydrogen) atoms. The summed E-state index contributed by atoms with van der Waals surface area (Å²) in [4.78, 5) is 29.8. The number of carbonyl (C=O) groups excluding carboxylic acids is 2. The Morgan fingerprint density at radius 1 is 1.33 bits per heavy atom. The van der Waals surface area contributed by atoms with Gasteiger partial charge in [0, 0.05) is 17.6 Å². The second kappa shape index (κ2) is 8.79. The minimum atomic E-state index is -0.498. The monoisotopic (exact) mass is 343 g/mol. The van der Waals surface area contributed by atoms with E-state index < -0.39 is 5.97 Å². The Bertz CT molecular complexity index is 737. The van der Waals surface area contributed by atoms with Gasteiger partial charge in [-0.2, -0.15) is 5.26 Å². The molecule has 2 rings (SSSR count). The number of hydrogen-bond donors (Lipinski definition) is 0. The summed E-state index contributed by atoms with van der Waals surface area (Å²) >= 11 is 1.46. The van der Waals surface area contributed by atoms with Crippen LogP contribution >= 0.6 is 11.3 Å². The Labute approximate surface area is 144 Å². The quantitative estimate of drug-likeness (QED) is 0.721. The van der Waals surface area contributed by atoms with Gasteiger partial charge in [0.25, 0.3) is 5.91 Å². The fraction of sp³-hybridized carbons (Fsp3) is 0.294. The van der Waals surface area contributed by atoms with E-state index in [1.807, 2.05) is 19.1 Å². The van der Waals surface area contributed by atoms with Gasteiger partial charge in [0.15, 0.2) is 6.61 Å². The molecule has 0 atom stereocenters. The number of rotatable bonds is 7. The van der Waals surface area contributed by atoms with Crippen LogP contribution in [-0.2, 0) is 20.7 Å². The molecule has 6 nitrogen and oxygen atoms in total. The van der Waals surface area contributed by atoms with Crippen LogP contribution in [0.1, 0.15) is 17.1 Å². The first-order valence-electron chi connectivity index (χ1n) is 7.39. The highest BCUT2D eigenvalue weighted by molar-refractivity contribution is 7.09. The predicted octanol–water partition coefficient (Wildman–Crippen LogP) is 2.48. The van der Waals surface area contributed by atoms with Crippen molar-refractivity contribution in [3.63, 3.8) is 0 Å². The van der Waals surface area contributed by atoms with Gasteiger partial charge in [0.05, 0.1) is 29.6 Å². The Kier molecular flexibility index (Phi) is 6.46. The number of benzene rings is 1. The number of para-hydroxylation sites is 1. The van der Waals surface area contributed by atoms with Crippen LogP contribution in [0, 0.1) is 18.3 Å². The summed E-state index contributed by atoms with van der Waals surface area (Å²) in [5.41, 5.74) is 1.31. The molecule has 0 fully saturated rings. The molecule has 0 aliphatic carbocycles. The maximum Gasteiger partial charge on any atom is 0.312 e. The number of carbonyl (C=O) groups is 2. The van der Waals surface area contributed by atoms with E-state index in [1.165, 1.54) is 16.2 Å². The summed E-state index contributed by atoms with van der Waals surface area (Å²) in [6, 6.07) is 11.0. The van der Waals surface area contributed by atoms with Crippen molar-refractivity contribution >= 4 is 28.9 Å². The van der Waals surface area contributed by atoms with Crippen molar-refractivity contribution in [2.24, 2.45) is 0 Å². The maximum atomic E-state index is 12.3. The summed E-state index contributed by atoms with van der Waals surface area (Å²) < 4.78 is 5.05. The first-order chi connectivity index (χ1) is 11.6. The molecule has 0 N–H and O–H groups in total. The number of hydrogen-bond acceptors (Lipinski definition) is 6. The van der Waals surface area contributed by atoms with Gasteiger partial charge in [-0.05, 0) is 19.1 Å². The van der Waals surface area contributed by atoms with Crippen LogP contribution < -0.4 is 4.90 Å². The third-order valence-corrected chi connectivity index (χ3v) is 3.99. The highest BCUT2D eigenvalue weighted by Crippen LogP contribution is 2.14. The molecular weight excluding hydrogens is 326 g/mol. The van der Waals surface area contributed by atoms with Gasteiger partial charge in [-0.25, -0.2) is 4.98 Å². The summed E-state index contributed by atoms with van der Waals surface area (Å²) in [6.45, 7) is 1.75. The van der Waals surface area contributed by atoms with Gasteiger partial charge in [0.2, 0.25) is 0 Å². The minimum Gasteiger partial charge on any atom is -0.455 e. The van der Waals surface area contributed by atoms with Gasteiger partial charge in [0.1, 0.15) is 0 Å². The number of aromatic nitrogens is 1. The van der Waals surface area contributed by atoms with Gasteiger partial charge in [-0.15, -0.1) is 11.3 Å². The Hall–Kier alpha value is -2.72. The number of nitriles is 1. The lowest BCUT2D eigenvalue weighted by atomic mass is 10.2. The highest BCUT2D eigenvalue weighted by Gasteiger charge is 2.17. The van der Waals surface area contributed by atoms with Crippen LogP contribution in [0.25, 0.3) is 0 Å². The maximum absolute atomic E-state index is 12.3. The van der Waals surface area contributed by atoms with Crippen LogP contribution in [0.4, 0.5) is 5.69 Å². The molecule has 0 aliphatic heterocycles. The summed E-state index contributed by atoms with van der Waals surface area (Å²) in [7, 11) is 0. The second-order valence-electron chi connectivity index (χ2n) is 4.98. The molecule has 0 saturated heterocycles. The van der Waals surface area contributed by atoms with Crippen LogP contribution in [0.2, 0.25) is 0 Å². The summed E-state index contributed by atoms with van der Waals surface area (Å²) in [5, 5.41) is 11.4. The Morgan fingerprint density at radius 3 is 2.71 bits per heavy atom. The molecule has 0 aliphatic rings. The third kappa shape index (κ3) is 5.18. The van der Waals surface area contributed by atoms with Crippen molar-refractivity contribution in [3.8, 4) is 6.07 Å². The van der Waals surface area contributed by atoms with Gasteiger partial charge in [-0.3, -0.25) is 9.59 Å². The lowest BCUT2D eigenvalue weighted by molar-refractivity contribution is -0.147. The molecular formula is C17H17N3O3S. The number of ether oxygens (including phenoxy) is 1. The van der Waals surface area contributed by atoms with E-state index in [1.54, 1.807) is 29.6 Å². The molecule has 0 saturated carbocycles. The van der Waals surface area contributed by atoms with Gasteiger partial charge in [-0.1, -0.05) is 18.2 Å². The Balaban J connectivity index is 1.92. The smallest absolute Gasteiger partial charge is 0.312 e. The third-order valence-electron chi connectivity index (χ3n) is 3.16. The zero-order chi connectivity index (χ0) is 17.4. The van der Waals surface area contributed by atoms with Crippen LogP contribution in [0.3, 0.4) is 0 Å². The number of nitrogens with zero attached hydrogens (tertiary/aromatic N) is 3. The zero-order valence-electron chi connectivity index (χ0n) is 13.3. The zero-order valence-corrected chi connectivity index (χ0v) is 14.1. The van der Waals surface area contributed by atoms with Crippen LogP contribution in [-0.4, -0.2) is 30.0 Å². The fourth-order valence-electron chi connectivity index (χ4n) is 2.08. The summed E-state index contributed by atoms with van der Waals surface area (Å²) in [6.07, 6.45) is 0.244. The van der Waals surface area contributed by atoms with E-state index in [9.17, 15) is 9.59 Å². The van der Waals surface area contributed by atoms with Crippen molar-refractivity contribution in [1.29, 1.82) is 5.26 Å². The highest BCUT2D eigenvalue weighted by atomic mass is 32.1. The molecule has 0 radical (unpaired) electrons. The normalized spacial score (nSPS) is 10.0. The molecule has 1 amide bonds. The molecule has 7 heteroatoms. The van der Waals surface area contributed by atoms with E-state index in [0.717, 1.165) is 5.01 Å². The van der Waals surface area contributed by atoms with Crippen molar-refractivity contribution in [3.05, 3.63) is 46.4 Å². The standard InChI is InChI=1S/C17H17N3O3S/c1-13-19-14(12-24-13)10-17(22)23-11-16(21)20(9-5-8-18)15-6-3-2-4-7-15/h2-4,6-7,12H,5,9-11H2,1H3. The van der Waals surface area contributed by atoms with Crippen LogP contribution in [0.5, 0.6) is 0 Å². The van der Waals surface area contributed by atoms with E-state index in [4.69, 9.17) is 10.00 Å². The lowest BCUT2D eigenvalue weighted by Gasteiger charge is -2.21. The average molecular weight is 343 g/mol. The van der Waals surface area contributed by atoms with Crippen LogP contribution in [0.15, 0.2) is 35.7 Å².